The predicted octanol–water partition coefficient (Wildman–Crippen LogP) is 3.46. The highest BCUT2D eigenvalue weighted by molar-refractivity contribution is 6.09. The first-order chi connectivity index (χ1) is 12.5. The summed E-state index contributed by atoms with van der Waals surface area (Å²) in [5, 5.41) is 14.4. The number of para-hydroxylation sites is 1. The van der Waals surface area contributed by atoms with E-state index in [2.05, 4.69) is 10.6 Å². The number of carbonyl (C=O) groups excluding carboxylic acids is 2. The quantitative estimate of drug-likeness (QED) is 0.471. The largest absolute Gasteiger partial charge is 0.462 e. The Morgan fingerprint density at radius 1 is 1.19 bits per heavy atom. The Morgan fingerprint density at radius 3 is 2.54 bits per heavy atom. The molecule has 6 nitrogen and oxygen atoms in total. The summed E-state index contributed by atoms with van der Waals surface area (Å²) in [4.78, 5) is 24.2. The Hall–Kier alpha value is -3.66. The normalized spacial score (nSPS) is 10.6. The summed E-state index contributed by atoms with van der Waals surface area (Å²) >= 11 is 0. The van der Waals surface area contributed by atoms with Gasteiger partial charge in [-0.2, -0.15) is 5.26 Å². The number of ether oxygens (including phenoxy) is 1. The lowest BCUT2D eigenvalue weighted by atomic mass is 10.1. The van der Waals surface area contributed by atoms with Gasteiger partial charge < -0.3 is 15.4 Å². The van der Waals surface area contributed by atoms with Crippen LogP contribution < -0.4 is 10.6 Å². The second-order valence-corrected chi connectivity index (χ2v) is 5.04. The van der Waals surface area contributed by atoms with Crippen LogP contribution in [-0.4, -0.2) is 18.5 Å². The number of nitriles is 1. The molecule has 2 aromatic carbocycles. The van der Waals surface area contributed by atoms with Crippen LogP contribution in [0.2, 0.25) is 0 Å². The summed E-state index contributed by atoms with van der Waals surface area (Å²) < 4.78 is 17.8. The molecule has 7 heteroatoms. The number of halogens is 1. The van der Waals surface area contributed by atoms with Crippen molar-refractivity contribution in [3.63, 3.8) is 0 Å². The molecule has 132 valence electrons. The fraction of sp³-hybridized carbons (Fsp3) is 0.105. The van der Waals surface area contributed by atoms with Crippen LogP contribution in [0.15, 0.2) is 60.3 Å². The van der Waals surface area contributed by atoms with Gasteiger partial charge >= 0.3 is 5.97 Å². The molecule has 2 N–H and O–H groups in total. The van der Waals surface area contributed by atoms with Gasteiger partial charge in [-0.25, -0.2) is 9.18 Å². The van der Waals surface area contributed by atoms with Crippen LogP contribution in [0, 0.1) is 17.1 Å². The number of esters is 1. The van der Waals surface area contributed by atoms with Gasteiger partial charge in [0.15, 0.2) is 0 Å². The smallest absolute Gasteiger partial charge is 0.340 e. The number of nitrogens with one attached hydrogen (secondary N) is 2. The number of carbonyl (C=O) groups is 2. The summed E-state index contributed by atoms with van der Waals surface area (Å²) in [5.41, 5.74) is 0.720. The summed E-state index contributed by atoms with van der Waals surface area (Å²) in [5.74, 6) is -1.66. The summed E-state index contributed by atoms with van der Waals surface area (Å²) in [6.45, 7) is 1.88. The molecule has 0 aliphatic carbocycles. The molecule has 0 atom stereocenters. The van der Waals surface area contributed by atoms with Crippen molar-refractivity contribution in [1.29, 1.82) is 5.26 Å². The Balaban J connectivity index is 2.15. The molecule has 0 radical (unpaired) electrons. The highest BCUT2D eigenvalue weighted by atomic mass is 19.1. The van der Waals surface area contributed by atoms with Crippen LogP contribution in [0.3, 0.4) is 0 Å². The molecule has 0 heterocycles. The zero-order chi connectivity index (χ0) is 18.9. The first-order valence-corrected chi connectivity index (χ1v) is 7.75. The number of amides is 1. The first-order valence-electron chi connectivity index (χ1n) is 7.75. The molecular weight excluding hydrogens is 337 g/mol. The average Bonchev–Trinajstić information content (AvgIpc) is 2.64. The fourth-order valence-electron chi connectivity index (χ4n) is 2.02. The Kier molecular flexibility index (Phi) is 6.46. The molecule has 26 heavy (non-hydrogen) atoms. The second kappa shape index (κ2) is 8.99. The van der Waals surface area contributed by atoms with Crippen LogP contribution in [-0.2, 0) is 9.53 Å². The van der Waals surface area contributed by atoms with E-state index in [-0.39, 0.29) is 23.4 Å². The van der Waals surface area contributed by atoms with E-state index in [0.717, 1.165) is 0 Å². The lowest BCUT2D eigenvalue weighted by Crippen LogP contribution is -2.17. The lowest BCUT2D eigenvalue weighted by molar-refractivity contribution is -0.112. The van der Waals surface area contributed by atoms with Crippen molar-refractivity contribution >= 4 is 23.3 Å². The third kappa shape index (κ3) is 4.92. The van der Waals surface area contributed by atoms with Crippen molar-refractivity contribution in [1.82, 2.24) is 0 Å². The van der Waals surface area contributed by atoms with E-state index in [1.807, 2.05) is 0 Å². The average molecular weight is 353 g/mol. The fourth-order valence-corrected chi connectivity index (χ4v) is 2.02. The van der Waals surface area contributed by atoms with Gasteiger partial charge in [0.2, 0.25) is 0 Å². The molecule has 0 spiro atoms. The maximum atomic E-state index is 12.9. The van der Waals surface area contributed by atoms with E-state index in [0.29, 0.717) is 5.69 Å². The van der Waals surface area contributed by atoms with Crippen molar-refractivity contribution < 1.29 is 18.7 Å². The maximum Gasteiger partial charge on any atom is 0.340 e. The number of anilines is 2. The van der Waals surface area contributed by atoms with Crippen LogP contribution >= 0.6 is 0 Å². The number of rotatable bonds is 6. The molecule has 0 aliphatic heterocycles. The molecule has 2 rings (SSSR count). The van der Waals surface area contributed by atoms with Crippen molar-refractivity contribution in [2.45, 2.75) is 6.92 Å². The Bertz CT molecular complexity index is 870. The van der Waals surface area contributed by atoms with Crippen molar-refractivity contribution in [2.75, 3.05) is 17.2 Å². The third-order valence-electron chi connectivity index (χ3n) is 3.26. The monoisotopic (exact) mass is 353 g/mol. The van der Waals surface area contributed by atoms with Crippen molar-refractivity contribution in [2.24, 2.45) is 0 Å². The van der Waals surface area contributed by atoms with Gasteiger partial charge in [-0.3, -0.25) is 4.79 Å². The summed E-state index contributed by atoms with van der Waals surface area (Å²) in [7, 11) is 0. The van der Waals surface area contributed by atoms with E-state index in [1.165, 1.54) is 42.6 Å². The molecular formula is C19H16FN3O3. The molecule has 0 saturated heterocycles. The number of nitrogens with zero attached hydrogens (tertiary/aromatic N) is 1. The highest BCUT2D eigenvalue weighted by Gasteiger charge is 2.16. The van der Waals surface area contributed by atoms with Gasteiger partial charge in [-0.05, 0) is 43.3 Å². The molecule has 0 fully saturated rings. The SMILES string of the molecule is CCOC(=O)c1ccccc1NC(=O)/C(C#N)=C\Nc1ccc(F)cc1. The number of hydrogen-bond donors (Lipinski definition) is 2. The number of benzene rings is 2. The zero-order valence-electron chi connectivity index (χ0n) is 14.0. The van der Waals surface area contributed by atoms with Gasteiger partial charge in [0.05, 0.1) is 17.9 Å². The Labute approximate surface area is 149 Å². The van der Waals surface area contributed by atoms with Gasteiger partial charge in [-0.15, -0.1) is 0 Å². The minimum absolute atomic E-state index is 0.187. The highest BCUT2D eigenvalue weighted by Crippen LogP contribution is 2.17. The maximum absolute atomic E-state index is 12.9. The van der Waals surface area contributed by atoms with Gasteiger partial charge in [0, 0.05) is 11.9 Å². The molecule has 0 aromatic heterocycles. The molecule has 0 saturated carbocycles. The topological polar surface area (TPSA) is 91.2 Å². The lowest BCUT2D eigenvalue weighted by Gasteiger charge is -2.10. The van der Waals surface area contributed by atoms with Crippen LogP contribution in [0.5, 0.6) is 0 Å². The molecule has 0 unspecified atom stereocenters. The van der Waals surface area contributed by atoms with E-state index in [4.69, 9.17) is 4.74 Å². The van der Waals surface area contributed by atoms with Crippen LogP contribution in [0.25, 0.3) is 0 Å². The van der Waals surface area contributed by atoms with Crippen molar-refractivity contribution in [3.8, 4) is 6.07 Å². The number of hydrogen-bond acceptors (Lipinski definition) is 5. The Morgan fingerprint density at radius 2 is 1.88 bits per heavy atom. The zero-order valence-corrected chi connectivity index (χ0v) is 14.0. The molecule has 0 aliphatic rings. The minimum atomic E-state index is -0.695. The third-order valence-corrected chi connectivity index (χ3v) is 3.26. The standard InChI is InChI=1S/C19H16FN3O3/c1-2-26-19(25)16-5-3-4-6-17(16)23-18(24)13(11-21)12-22-15-9-7-14(20)8-10-15/h3-10,12,22H,2H2,1H3,(H,23,24)/b13-12-. The first kappa shape index (κ1) is 18.7. The van der Waals surface area contributed by atoms with Crippen molar-refractivity contribution in [3.05, 3.63) is 71.7 Å². The molecule has 0 bridgehead atoms. The van der Waals surface area contributed by atoms with E-state index >= 15 is 0 Å². The van der Waals surface area contributed by atoms with Gasteiger partial charge in [-0.1, -0.05) is 12.1 Å². The van der Waals surface area contributed by atoms with E-state index < -0.39 is 17.7 Å². The summed E-state index contributed by atoms with van der Waals surface area (Å²) in [6.07, 6.45) is 1.20. The van der Waals surface area contributed by atoms with E-state index in [9.17, 15) is 19.2 Å². The summed E-state index contributed by atoms with van der Waals surface area (Å²) in [6, 6.07) is 13.5. The predicted molar refractivity (Wildman–Crippen MR) is 94.7 cm³/mol. The van der Waals surface area contributed by atoms with Gasteiger partial charge in [0.1, 0.15) is 17.5 Å². The molecule has 1 amide bonds. The van der Waals surface area contributed by atoms with Gasteiger partial charge in [0.25, 0.3) is 5.91 Å². The minimum Gasteiger partial charge on any atom is -0.462 e. The van der Waals surface area contributed by atoms with Crippen LogP contribution in [0.4, 0.5) is 15.8 Å². The van der Waals surface area contributed by atoms with E-state index in [1.54, 1.807) is 25.1 Å². The van der Waals surface area contributed by atoms with Crippen LogP contribution in [0.1, 0.15) is 17.3 Å². The second-order valence-electron chi connectivity index (χ2n) is 5.04. The molecule has 2 aromatic rings.